The third kappa shape index (κ3) is 5.25. The summed E-state index contributed by atoms with van der Waals surface area (Å²) in [4.78, 5) is 41.4. The number of hydrogen-bond acceptors (Lipinski definition) is 9. The number of carbonyl (C=O) groups is 2. The third-order valence-corrected chi connectivity index (χ3v) is 8.97. The maximum absolute atomic E-state index is 13.1. The molecule has 0 aliphatic carbocycles. The molecule has 0 bridgehead atoms. The van der Waals surface area contributed by atoms with E-state index in [1.54, 1.807) is 18.5 Å². The summed E-state index contributed by atoms with van der Waals surface area (Å²) in [5.74, 6) is -0.327. The topological polar surface area (TPSA) is 154 Å². The van der Waals surface area contributed by atoms with Crippen LogP contribution in [-0.4, -0.2) is 79.0 Å². The number of rotatable bonds is 6. The summed E-state index contributed by atoms with van der Waals surface area (Å²) in [6, 6.07) is 8.13. The fourth-order valence-corrected chi connectivity index (χ4v) is 6.48. The van der Waals surface area contributed by atoms with Crippen LogP contribution in [0.4, 0.5) is 10.5 Å². The number of nitro groups is 1. The molecule has 2 amide bonds. The highest BCUT2D eigenvalue weighted by Gasteiger charge is 2.30. The second kappa shape index (κ2) is 10.9. The van der Waals surface area contributed by atoms with Crippen molar-refractivity contribution in [3.63, 3.8) is 0 Å². The molecule has 0 N–H and O–H groups in total. The van der Waals surface area contributed by atoms with Gasteiger partial charge in [-0.05, 0) is 31.2 Å². The number of benzene rings is 2. The Morgan fingerprint density at radius 1 is 1.13 bits per heavy atom. The molecule has 1 saturated heterocycles. The van der Waals surface area contributed by atoms with E-state index in [9.17, 15) is 28.1 Å². The number of amides is 2. The van der Waals surface area contributed by atoms with Gasteiger partial charge in [-0.15, -0.1) is 0 Å². The van der Waals surface area contributed by atoms with Gasteiger partial charge in [0.1, 0.15) is 5.52 Å². The number of carbonyl (C=O) groups excluding carboxylic acids is 2. The fraction of sp³-hybridized carbons (Fsp3) is 0.348. The summed E-state index contributed by atoms with van der Waals surface area (Å²) >= 11 is 1.09. The van der Waals surface area contributed by atoms with Gasteiger partial charge in [0.25, 0.3) is 11.6 Å². The highest BCUT2D eigenvalue weighted by atomic mass is 32.2. The molecule has 0 spiro atoms. The first-order chi connectivity index (χ1) is 18.1. The zero-order valence-corrected chi connectivity index (χ0v) is 22.5. The maximum Gasteiger partial charge on any atom is 0.409 e. The zero-order chi connectivity index (χ0) is 27.6. The van der Waals surface area contributed by atoms with E-state index >= 15 is 0 Å². The molecule has 4 rings (SSSR count). The van der Waals surface area contributed by atoms with Crippen LogP contribution in [0.15, 0.2) is 46.3 Å². The van der Waals surface area contributed by atoms with Crippen molar-refractivity contribution >= 4 is 49.3 Å². The molecule has 1 aliphatic rings. The van der Waals surface area contributed by atoms with Crippen molar-refractivity contribution in [1.29, 1.82) is 0 Å². The normalized spacial score (nSPS) is 15.0. The van der Waals surface area contributed by atoms with Crippen molar-refractivity contribution < 1.29 is 32.4 Å². The predicted molar refractivity (Wildman–Crippen MR) is 138 cm³/mol. The van der Waals surface area contributed by atoms with Gasteiger partial charge < -0.3 is 18.9 Å². The number of nitrogens with zero attached hydrogens (tertiary/aromatic N) is 5. The number of methoxy groups -OCH3 is 1. The molecule has 0 saturated carbocycles. The van der Waals surface area contributed by atoms with E-state index in [-0.39, 0.29) is 54.7 Å². The van der Waals surface area contributed by atoms with Gasteiger partial charge in [-0.3, -0.25) is 14.9 Å². The lowest BCUT2D eigenvalue weighted by Gasteiger charge is -2.33. The van der Waals surface area contributed by atoms with Gasteiger partial charge in [-0.25, -0.2) is 13.2 Å². The molecule has 15 heteroatoms. The summed E-state index contributed by atoms with van der Waals surface area (Å²) in [5.41, 5.74) is 0.582. The van der Waals surface area contributed by atoms with E-state index in [4.69, 9.17) is 9.47 Å². The van der Waals surface area contributed by atoms with Crippen LogP contribution in [0.2, 0.25) is 0 Å². The van der Waals surface area contributed by atoms with Gasteiger partial charge in [0.2, 0.25) is 10.0 Å². The largest absolute Gasteiger partial charge is 0.494 e. The van der Waals surface area contributed by atoms with E-state index < -0.39 is 26.9 Å². The molecular weight excluding hydrogens is 538 g/mol. The molecule has 2 aromatic carbocycles. The average molecular weight is 564 g/mol. The van der Waals surface area contributed by atoms with Crippen LogP contribution in [0, 0.1) is 10.1 Å². The fourth-order valence-electron chi connectivity index (χ4n) is 3.99. The molecule has 0 atom stereocenters. The van der Waals surface area contributed by atoms with Crippen LogP contribution in [0.5, 0.6) is 5.75 Å². The summed E-state index contributed by atoms with van der Waals surface area (Å²) in [6.45, 7) is 2.63. The van der Waals surface area contributed by atoms with Crippen LogP contribution in [-0.2, 0) is 21.8 Å². The lowest BCUT2D eigenvalue weighted by atomic mass is 10.2. The number of non-ortho nitro benzene ring substituents is 1. The van der Waals surface area contributed by atoms with Crippen LogP contribution < -0.4 is 9.54 Å². The first kappa shape index (κ1) is 27.2. The second-order valence-corrected chi connectivity index (χ2v) is 11.2. The zero-order valence-electron chi connectivity index (χ0n) is 20.8. The number of ether oxygens (including phenoxy) is 2. The van der Waals surface area contributed by atoms with Gasteiger partial charge in [0.15, 0.2) is 10.6 Å². The van der Waals surface area contributed by atoms with E-state index in [0.29, 0.717) is 15.0 Å². The van der Waals surface area contributed by atoms with E-state index in [2.05, 4.69) is 4.99 Å². The number of aryl methyl sites for hydroxylation is 1. The average Bonchev–Trinajstić information content (AvgIpc) is 3.23. The molecule has 3 aromatic rings. The van der Waals surface area contributed by atoms with Gasteiger partial charge in [-0.1, -0.05) is 11.3 Å². The lowest BCUT2D eigenvalue weighted by molar-refractivity contribution is -0.384. The maximum atomic E-state index is 13.1. The van der Waals surface area contributed by atoms with Gasteiger partial charge in [-0.2, -0.15) is 9.30 Å². The standard InChI is InChI=1S/C23H25N5O8S2/c1-4-36-23(30)26-9-11-27(12-10-26)38(33,34)17-7-5-15(6-8-17)21(29)24-22-25(2)20-18(35-3)13-16(28(31)32)14-19(20)37-22/h5-8,13-14H,4,9-12H2,1-3H3. The van der Waals surface area contributed by atoms with Crippen LogP contribution in [0.3, 0.4) is 0 Å². The molecule has 0 unspecified atom stereocenters. The number of fused-ring (bicyclic) bond motifs is 1. The SMILES string of the molecule is CCOC(=O)N1CCN(S(=O)(=O)c2ccc(C(=O)N=c3sc4cc([N+](=O)[O-])cc(OC)c4n3C)cc2)CC1. The Labute approximate surface area is 221 Å². The minimum atomic E-state index is -3.83. The van der Waals surface area contributed by atoms with Crippen LogP contribution in [0.1, 0.15) is 17.3 Å². The van der Waals surface area contributed by atoms with Crippen LogP contribution >= 0.6 is 11.3 Å². The van der Waals surface area contributed by atoms with E-state index in [0.717, 1.165) is 11.3 Å². The molecule has 2 heterocycles. The number of piperazine rings is 1. The van der Waals surface area contributed by atoms with Crippen molar-refractivity contribution in [3.05, 3.63) is 56.9 Å². The Hall–Kier alpha value is -3.82. The molecule has 1 aromatic heterocycles. The Balaban J connectivity index is 1.55. The van der Waals surface area contributed by atoms with Crippen molar-refractivity contribution in [2.75, 3.05) is 39.9 Å². The molecule has 1 fully saturated rings. The number of thiazole rings is 1. The van der Waals surface area contributed by atoms with Crippen molar-refractivity contribution in [2.45, 2.75) is 11.8 Å². The minimum Gasteiger partial charge on any atom is -0.494 e. The quantitative estimate of drug-likeness (QED) is 0.327. The Morgan fingerprint density at radius 3 is 2.37 bits per heavy atom. The number of sulfonamides is 1. The molecule has 38 heavy (non-hydrogen) atoms. The summed E-state index contributed by atoms with van der Waals surface area (Å²) in [6.07, 6.45) is -0.472. The summed E-state index contributed by atoms with van der Waals surface area (Å²) in [7, 11) is -0.766. The number of nitro benzene ring substituents is 1. The lowest BCUT2D eigenvalue weighted by Crippen LogP contribution is -2.50. The monoisotopic (exact) mass is 563 g/mol. The van der Waals surface area contributed by atoms with Gasteiger partial charge >= 0.3 is 6.09 Å². The predicted octanol–water partition coefficient (Wildman–Crippen LogP) is 2.36. The number of hydrogen-bond donors (Lipinski definition) is 0. The van der Waals surface area contributed by atoms with Crippen molar-refractivity contribution in [1.82, 2.24) is 13.8 Å². The van der Waals surface area contributed by atoms with Crippen molar-refractivity contribution in [2.24, 2.45) is 12.0 Å². The van der Waals surface area contributed by atoms with Crippen molar-refractivity contribution in [3.8, 4) is 5.75 Å². The van der Waals surface area contributed by atoms with Gasteiger partial charge in [0.05, 0.1) is 34.3 Å². The summed E-state index contributed by atoms with van der Waals surface area (Å²) < 4.78 is 39.8. The minimum absolute atomic E-state index is 0.0168. The van der Waals surface area contributed by atoms with E-state index in [1.165, 1.54) is 52.7 Å². The molecule has 0 radical (unpaired) electrons. The highest BCUT2D eigenvalue weighted by Crippen LogP contribution is 2.32. The molecule has 1 aliphatic heterocycles. The molecule has 202 valence electrons. The molecular formula is C23H25N5O8S2. The second-order valence-electron chi connectivity index (χ2n) is 8.23. The Kier molecular flexibility index (Phi) is 7.80. The summed E-state index contributed by atoms with van der Waals surface area (Å²) in [5, 5.41) is 11.2. The van der Waals surface area contributed by atoms with E-state index in [1.807, 2.05) is 0 Å². The Bertz CT molecular complexity index is 1570. The molecule has 13 nitrogen and oxygen atoms in total. The number of aromatic nitrogens is 1. The first-order valence-corrected chi connectivity index (χ1v) is 13.8. The third-order valence-electron chi connectivity index (χ3n) is 5.98. The first-order valence-electron chi connectivity index (χ1n) is 11.5. The Morgan fingerprint density at radius 2 is 1.79 bits per heavy atom. The van der Waals surface area contributed by atoms with Gasteiger partial charge in [0, 0.05) is 44.9 Å². The van der Waals surface area contributed by atoms with Crippen LogP contribution in [0.25, 0.3) is 10.2 Å². The smallest absolute Gasteiger partial charge is 0.409 e. The highest BCUT2D eigenvalue weighted by molar-refractivity contribution is 7.89.